The Labute approximate surface area is 145 Å². The van der Waals surface area contributed by atoms with Crippen LogP contribution in [0.15, 0.2) is 47.4 Å². The number of carbonyl (C=O) groups is 1. The number of rotatable bonds is 4. The molecule has 0 bridgehead atoms. The van der Waals surface area contributed by atoms with Crippen LogP contribution in [-0.4, -0.2) is 18.8 Å². The van der Waals surface area contributed by atoms with Gasteiger partial charge in [-0.05, 0) is 53.6 Å². The van der Waals surface area contributed by atoms with E-state index in [1.807, 2.05) is 30.0 Å². The van der Waals surface area contributed by atoms with Crippen molar-refractivity contribution in [2.45, 2.75) is 23.9 Å². The van der Waals surface area contributed by atoms with E-state index in [0.717, 1.165) is 29.3 Å². The van der Waals surface area contributed by atoms with Gasteiger partial charge in [0.25, 0.3) is 0 Å². The highest BCUT2D eigenvalue weighted by molar-refractivity contribution is 7.99. The van der Waals surface area contributed by atoms with Crippen LogP contribution in [0.5, 0.6) is 0 Å². The number of carbonyl (C=O) groups excluding carboxylic acids is 1. The fraction of sp³-hybridized carbons (Fsp3) is 0.278. The molecule has 1 heterocycles. The molecule has 2 aromatic rings. The quantitative estimate of drug-likeness (QED) is 0.829. The lowest BCUT2D eigenvalue weighted by molar-refractivity contribution is 0.0600. The van der Waals surface area contributed by atoms with Gasteiger partial charge in [0.2, 0.25) is 0 Å². The molecule has 0 spiro atoms. The predicted molar refractivity (Wildman–Crippen MR) is 94.2 cm³/mol. The highest BCUT2D eigenvalue weighted by Crippen LogP contribution is 2.37. The summed E-state index contributed by atoms with van der Waals surface area (Å²) < 4.78 is 4.71. The molecule has 1 N–H and O–H groups in total. The molecule has 3 nitrogen and oxygen atoms in total. The first kappa shape index (κ1) is 16.4. The van der Waals surface area contributed by atoms with E-state index in [9.17, 15) is 4.79 Å². The molecule has 5 heteroatoms. The first-order valence-corrected chi connectivity index (χ1v) is 8.86. The Morgan fingerprint density at radius 1 is 1.30 bits per heavy atom. The molecule has 0 saturated heterocycles. The van der Waals surface area contributed by atoms with Crippen molar-refractivity contribution >= 4 is 29.3 Å². The molecule has 0 saturated carbocycles. The Hall–Kier alpha value is -1.49. The van der Waals surface area contributed by atoms with Crippen molar-refractivity contribution in [3.8, 4) is 0 Å². The first-order chi connectivity index (χ1) is 11.2. The number of fused-ring (bicyclic) bond motifs is 1. The number of hydrogen-bond donors (Lipinski definition) is 1. The molecule has 1 aliphatic rings. The second-order valence-electron chi connectivity index (χ2n) is 5.44. The van der Waals surface area contributed by atoms with Crippen LogP contribution in [0.25, 0.3) is 0 Å². The smallest absolute Gasteiger partial charge is 0.337 e. The third-order valence-electron chi connectivity index (χ3n) is 3.94. The third kappa shape index (κ3) is 3.89. The topological polar surface area (TPSA) is 38.3 Å². The van der Waals surface area contributed by atoms with Gasteiger partial charge in [-0.1, -0.05) is 23.7 Å². The predicted octanol–water partition coefficient (Wildman–Crippen LogP) is 4.45. The molecule has 0 fully saturated rings. The minimum atomic E-state index is -0.308. The van der Waals surface area contributed by atoms with Crippen LogP contribution in [0.2, 0.25) is 5.02 Å². The molecule has 0 amide bonds. The maximum Gasteiger partial charge on any atom is 0.337 e. The zero-order chi connectivity index (χ0) is 16.2. The zero-order valence-electron chi connectivity index (χ0n) is 12.8. The van der Waals surface area contributed by atoms with Gasteiger partial charge in [-0.25, -0.2) is 4.79 Å². The summed E-state index contributed by atoms with van der Waals surface area (Å²) in [7, 11) is 1.39. The van der Waals surface area contributed by atoms with Crippen LogP contribution in [0.4, 0.5) is 0 Å². The molecule has 23 heavy (non-hydrogen) atoms. The van der Waals surface area contributed by atoms with E-state index >= 15 is 0 Å². The minimum Gasteiger partial charge on any atom is -0.465 e. The van der Waals surface area contributed by atoms with Gasteiger partial charge in [-0.2, -0.15) is 0 Å². The maximum absolute atomic E-state index is 11.4. The SMILES string of the molecule is COC(=O)c1ccc(CNC2CCSc3ccc(Cl)cc32)cc1. The Morgan fingerprint density at radius 2 is 2.09 bits per heavy atom. The molecule has 0 aliphatic carbocycles. The molecule has 1 unspecified atom stereocenters. The average molecular weight is 348 g/mol. The lowest BCUT2D eigenvalue weighted by atomic mass is 10.0. The lowest BCUT2D eigenvalue weighted by Gasteiger charge is -2.26. The molecular weight excluding hydrogens is 330 g/mol. The van der Waals surface area contributed by atoms with Gasteiger partial charge >= 0.3 is 5.97 Å². The van der Waals surface area contributed by atoms with Crippen LogP contribution >= 0.6 is 23.4 Å². The van der Waals surface area contributed by atoms with E-state index in [2.05, 4.69) is 17.4 Å². The summed E-state index contributed by atoms with van der Waals surface area (Å²) in [4.78, 5) is 12.8. The largest absolute Gasteiger partial charge is 0.465 e. The van der Waals surface area contributed by atoms with E-state index in [1.54, 1.807) is 12.1 Å². The Balaban J connectivity index is 1.67. The first-order valence-electron chi connectivity index (χ1n) is 7.50. The Kier molecular flexibility index (Phi) is 5.26. The number of ether oxygens (including phenoxy) is 1. The summed E-state index contributed by atoms with van der Waals surface area (Å²) >= 11 is 8.02. The number of hydrogen-bond acceptors (Lipinski definition) is 4. The van der Waals surface area contributed by atoms with E-state index in [0.29, 0.717) is 11.6 Å². The fourth-order valence-corrected chi connectivity index (χ4v) is 3.98. The van der Waals surface area contributed by atoms with Crippen molar-refractivity contribution in [3.63, 3.8) is 0 Å². The normalized spacial score (nSPS) is 16.7. The summed E-state index contributed by atoms with van der Waals surface area (Å²) in [5.41, 5.74) is 2.99. The fourth-order valence-electron chi connectivity index (χ4n) is 2.69. The van der Waals surface area contributed by atoms with Crippen LogP contribution in [0.1, 0.15) is 33.9 Å². The van der Waals surface area contributed by atoms with Gasteiger partial charge < -0.3 is 10.1 Å². The van der Waals surface area contributed by atoms with Gasteiger partial charge in [0, 0.05) is 22.5 Å². The molecule has 2 aromatic carbocycles. The zero-order valence-corrected chi connectivity index (χ0v) is 14.4. The third-order valence-corrected chi connectivity index (χ3v) is 5.30. The number of halogens is 1. The highest BCUT2D eigenvalue weighted by atomic mass is 35.5. The van der Waals surface area contributed by atoms with Crippen molar-refractivity contribution in [2.24, 2.45) is 0 Å². The van der Waals surface area contributed by atoms with E-state index in [4.69, 9.17) is 16.3 Å². The van der Waals surface area contributed by atoms with Crippen LogP contribution in [0, 0.1) is 0 Å². The van der Waals surface area contributed by atoms with Crippen molar-refractivity contribution in [1.29, 1.82) is 0 Å². The van der Waals surface area contributed by atoms with Gasteiger partial charge in [0.05, 0.1) is 12.7 Å². The van der Waals surface area contributed by atoms with Crippen molar-refractivity contribution in [1.82, 2.24) is 5.32 Å². The summed E-state index contributed by atoms with van der Waals surface area (Å²) in [6, 6.07) is 13.9. The minimum absolute atomic E-state index is 0.308. The van der Waals surface area contributed by atoms with Crippen molar-refractivity contribution in [2.75, 3.05) is 12.9 Å². The number of nitrogens with one attached hydrogen (secondary N) is 1. The molecule has 0 aromatic heterocycles. The van der Waals surface area contributed by atoms with Gasteiger partial charge in [0.15, 0.2) is 0 Å². The Morgan fingerprint density at radius 3 is 2.83 bits per heavy atom. The van der Waals surface area contributed by atoms with Crippen LogP contribution in [0.3, 0.4) is 0 Å². The number of benzene rings is 2. The van der Waals surface area contributed by atoms with Crippen LogP contribution < -0.4 is 5.32 Å². The van der Waals surface area contributed by atoms with Gasteiger partial charge in [0.1, 0.15) is 0 Å². The maximum atomic E-state index is 11.4. The van der Waals surface area contributed by atoms with Crippen LogP contribution in [-0.2, 0) is 11.3 Å². The lowest BCUT2D eigenvalue weighted by Crippen LogP contribution is -2.24. The standard InChI is InChI=1S/C18H18ClNO2S/c1-22-18(21)13-4-2-12(3-5-13)11-20-16-8-9-23-17-7-6-14(19)10-15(16)17/h2-7,10,16,20H,8-9,11H2,1H3. The van der Waals surface area contributed by atoms with E-state index in [-0.39, 0.29) is 5.97 Å². The second kappa shape index (κ2) is 7.39. The number of methoxy groups -OCH3 is 1. The number of esters is 1. The molecule has 3 rings (SSSR count). The average Bonchev–Trinajstić information content (AvgIpc) is 2.59. The van der Waals surface area contributed by atoms with Crippen molar-refractivity contribution in [3.05, 3.63) is 64.2 Å². The van der Waals surface area contributed by atoms with Crippen molar-refractivity contribution < 1.29 is 9.53 Å². The molecular formula is C18H18ClNO2S. The molecule has 1 aliphatic heterocycles. The summed E-state index contributed by atoms with van der Waals surface area (Å²) in [6.45, 7) is 0.753. The summed E-state index contributed by atoms with van der Waals surface area (Å²) in [5.74, 6) is 0.797. The van der Waals surface area contributed by atoms with Gasteiger partial charge in [-0.15, -0.1) is 11.8 Å². The monoisotopic (exact) mass is 347 g/mol. The summed E-state index contributed by atoms with van der Waals surface area (Å²) in [6.07, 6.45) is 1.08. The van der Waals surface area contributed by atoms with Gasteiger partial charge in [-0.3, -0.25) is 0 Å². The molecule has 120 valence electrons. The van der Waals surface area contributed by atoms with E-state index < -0.39 is 0 Å². The molecule has 0 radical (unpaired) electrons. The van der Waals surface area contributed by atoms with E-state index in [1.165, 1.54) is 17.6 Å². The second-order valence-corrected chi connectivity index (χ2v) is 7.01. The molecule has 1 atom stereocenters. The number of thioether (sulfide) groups is 1. The highest BCUT2D eigenvalue weighted by Gasteiger charge is 2.20. The summed E-state index contributed by atoms with van der Waals surface area (Å²) in [5, 5.41) is 4.37. The Bertz CT molecular complexity index is 703.